The largest absolute Gasteiger partial charge is 0.496 e. The van der Waals surface area contributed by atoms with Crippen LogP contribution in [0.1, 0.15) is 5.56 Å². The third kappa shape index (κ3) is 3.20. The fraction of sp³-hybridized carbons (Fsp3) is 0.222. The maximum absolute atomic E-state index is 10.4. The van der Waals surface area contributed by atoms with E-state index < -0.39 is 5.43 Å². The first-order valence-corrected chi connectivity index (χ1v) is 4.95. The van der Waals surface area contributed by atoms with E-state index in [-0.39, 0.29) is 6.61 Å². The zero-order chi connectivity index (χ0) is 10.6. The summed E-state index contributed by atoms with van der Waals surface area (Å²) >= 11 is 8.35. The Labute approximate surface area is 95.1 Å². The van der Waals surface area contributed by atoms with Gasteiger partial charge in [-0.3, -0.25) is 0 Å². The van der Waals surface area contributed by atoms with Gasteiger partial charge in [0, 0.05) is 21.6 Å². The van der Waals surface area contributed by atoms with Gasteiger partial charge < -0.3 is 9.47 Å². The number of rotatable bonds is 3. The molecule has 14 heavy (non-hydrogen) atoms. The van der Waals surface area contributed by atoms with E-state index in [0.29, 0.717) is 5.75 Å². The van der Waals surface area contributed by atoms with Gasteiger partial charge in [0.2, 0.25) is 0 Å². The molecule has 0 unspecified atom stereocenters. The zero-order valence-corrected chi connectivity index (χ0v) is 9.76. The molecule has 0 atom stereocenters. The van der Waals surface area contributed by atoms with E-state index >= 15 is 0 Å². The number of carbonyl (C=O) groups is 1. The van der Waals surface area contributed by atoms with Crippen molar-refractivity contribution >= 4 is 33.0 Å². The Balaban J connectivity index is 2.82. The first-order valence-electron chi connectivity index (χ1n) is 3.78. The summed E-state index contributed by atoms with van der Waals surface area (Å²) in [6.07, 6.45) is 0. The predicted octanol–water partition coefficient (Wildman–Crippen LogP) is 3.33. The summed E-state index contributed by atoms with van der Waals surface area (Å²) in [6, 6.07) is 5.42. The summed E-state index contributed by atoms with van der Waals surface area (Å²) in [5.41, 5.74) is -0.0668. The van der Waals surface area contributed by atoms with E-state index in [2.05, 4.69) is 20.7 Å². The first kappa shape index (κ1) is 11.3. The quantitative estimate of drug-likeness (QED) is 0.796. The van der Waals surface area contributed by atoms with Gasteiger partial charge in [-0.2, -0.15) is 0 Å². The van der Waals surface area contributed by atoms with Crippen molar-refractivity contribution in [2.75, 3.05) is 7.11 Å². The number of carbonyl (C=O) groups excluding carboxylic acids is 1. The van der Waals surface area contributed by atoms with E-state index in [1.807, 2.05) is 6.07 Å². The molecule has 0 fully saturated rings. The molecular formula is C9H8BrClO3. The Hall–Kier alpha value is -0.740. The van der Waals surface area contributed by atoms with Crippen molar-refractivity contribution in [3.8, 4) is 5.75 Å². The van der Waals surface area contributed by atoms with Crippen LogP contribution in [0.3, 0.4) is 0 Å². The van der Waals surface area contributed by atoms with Crippen LogP contribution in [0, 0.1) is 0 Å². The first-order chi connectivity index (χ1) is 6.63. The second-order valence-electron chi connectivity index (χ2n) is 2.48. The molecule has 0 radical (unpaired) electrons. The minimum Gasteiger partial charge on any atom is -0.496 e. The molecular weight excluding hydrogens is 271 g/mol. The van der Waals surface area contributed by atoms with Crippen LogP contribution in [0.25, 0.3) is 0 Å². The molecule has 1 aromatic carbocycles. The Morgan fingerprint density at radius 1 is 1.57 bits per heavy atom. The maximum Gasteiger partial charge on any atom is 0.404 e. The lowest BCUT2D eigenvalue weighted by Crippen LogP contribution is -1.97. The van der Waals surface area contributed by atoms with Crippen molar-refractivity contribution in [1.82, 2.24) is 0 Å². The number of methoxy groups -OCH3 is 1. The van der Waals surface area contributed by atoms with E-state index in [1.165, 1.54) is 0 Å². The van der Waals surface area contributed by atoms with Gasteiger partial charge in [0.15, 0.2) is 0 Å². The van der Waals surface area contributed by atoms with Gasteiger partial charge in [-0.1, -0.05) is 15.9 Å². The zero-order valence-electron chi connectivity index (χ0n) is 7.42. The third-order valence-corrected chi connectivity index (χ3v) is 2.19. The van der Waals surface area contributed by atoms with Crippen molar-refractivity contribution in [3.63, 3.8) is 0 Å². The molecule has 0 saturated heterocycles. The molecule has 3 nitrogen and oxygen atoms in total. The van der Waals surface area contributed by atoms with Gasteiger partial charge in [0.25, 0.3) is 0 Å². The van der Waals surface area contributed by atoms with E-state index in [0.717, 1.165) is 10.0 Å². The molecule has 0 heterocycles. The molecule has 1 rings (SSSR count). The molecule has 0 aliphatic carbocycles. The molecule has 0 amide bonds. The minimum atomic E-state index is -0.827. The topological polar surface area (TPSA) is 35.5 Å². The second kappa shape index (κ2) is 5.22. The highest BCUT2D eigenvalue weighted by atomic mass is 79.9. The standard InChI is InChI=1S/C9H8BrClO3/c1-13-8-3-2-7(10)4-6(8)5-14-9(11)12/h2-4H,5H2,1H3. The van der Waals surface area contributed by atoms with E-state index in [1.54, 1.807) is 19.2 Å². The van der Waals surface area contributed by atoms with Crippen LogP contribution >= 0.6 is 27.5 Å². The summed E-state index contributed by atoms with van der Waals surface area (Å²) in [6.45, 7) is 0.102. The third-order valence-electron chi connectivity index (χ3n) is 1.58. The van der Waals surface area contributed by atoms with Gasteiger partial charge >= 0.3 is 5.43 Å². The highest BCUT2D eigenvalue weighted by molar-refractivity contribution is 9.10. The average Bonchev–Trinajstić information content (AvgIpc) is 2.15. The van der Waals surface area contributed by atoms with Crippen LogP contribution in [0.2, 0.25) is 0 Å². The van der Waals surface area contributed by atoms with Crippen LogP contribution < -0.4 is 4.74 Å². The van der Waals surface area contributed by atoms with Crippen molar-refractivity contribution in [2.24, 2.45) is 0 Å². The second-order valence-corrected chi connectivity index (χ2v) is 3.71. The highest BCUT2D eigenvalue weighted by Gasteiger charge is 2.05. The summed E-state index contributed by atoms with van der Waals surface area (Å²) in [5, 5.41) is 0. The van der Waals surface area contributed by atoms with Crippen LogP contribution in [-0.2, 0) is 11.3 Å². The summed E-state index contributed by atoms with van der Waals surface area (Å²) in [5.74, 6) is 0.658. The summed E-state index contributed by atoms with van der Waals surface area (Å²) in [7, 11) is 1.55. The van der Waals surface area contributed by atoms with Crippen LogP contribution in [0.5, 0.6) is 5.75 Å². The SMILES string of the molecule is COc1ccc(Br)cc1COC(=O)Cl. The molecule has 0 aliphatic heterocycles. The summed E-state index contributed by atoms with van der Waals surface area (Å²) < 4.78 is 10.6. The van der Waals surface area contributed by atoms with Crippen molar-refractivity contribution in [1.29, 1.82) is 0 Å². The maximum atomic E-state index is 10.4. The van der Waals surface area contributed by atoms with Crippen molar-refractivity contribution < 1.29 is 14.3 Å². The lowest BCUT2D eigenvalue weighted by molar-refractivity contribution is 0.166. The highest BCUT2D eigenvalue weighted by Crippen LogP contribution is 2.23. The van der Waals surface area contributed by atoms with Gasteiger partial charge in [-0.25, -0.2) is 4.79 Å². The predicted molar refractivity (Wildman–Crippen MR) is 56.7 cm³/mol. The molecule has 76 valence electrons. The Morgan fingerprint density at radius 2 is 2.29 bits per heavy atom. The number of hydrogen-bond acceptors (Lipinski definition) is 3. The molecule has 0 spiro atoms. The fourth-order valence-corrected chi connectivity index (χ4v) is 1.46. The summed E-state index contributed by atoms with van der Waals surface area (Å²) in [4.78, 5) is 10.4. The molecule has 1 aromatic rings. The monoisotopic (exact) mass is 278 g/mol. The number of halogens is 2. The molecule has 0 aromatic heterocycles. The Morgan fingerprint density at radius 3 is 2.86 bits per heavy atom. The smallest absolute Gasteiger partial charge is 0.404 e. The minimum absolute atomic E-state index is 0.102. The number of benzene rings is 1. The number of hydrogen-bond donors (Lipinski definition) is 0. The Bertz CT molecular complexity index is 341. The normalized spacial score (nSPS) is 9.64. The van der Waals surface area contributed by atoms with Gasteiger partial charge in [-0.05, 0) is 18.2 Å². The van der Waals surface area contributed by atoms with Gasteiger partial charge in [0.1, 0.15) is 12.4 Å². The van der Waals surface area contributed by atoms with Gasteiger partial charge in [0.05, 0.1) is 7.11 Å². The van der Waals surface area contributed by atoms with Crippen LogP contribution in [-0.4, -0.2) is 12.5 Å². The van der Waals surface area contributed by atoms with Gasteiger partial charge in [-0.15, -0.1) is 0 Å². The van der Waals surface area contributed by atoms with Crippen LogP contribution in [0.4, 0.5) is 4.79 Å². The molecule has 0 bridgehead atoms. The number of ether oxygens (including phenoxy) is 2. The van der Waals surface area contributed by atoms with Crippen LogP contribution in [0.15, 0.2) is 22.7 Å². The lowest BCUT2D eigenvalue weighted by Gasteiger charge is -2.07. The van der Waals surface area contributed by atoms with Crippen molar-refractivity contribution in [2.45, 2.75) is 6.61 Å². The molecule has 0 N–H and O–H groups in total. The molecule has 0 saturated carbocycles. The average molecular weight is 280 g/mol. The Kier molecular flexibility index (Phi) is 4.22. The van der Waals surface area contributed by atoms with Crippen molar-refractivity contribution in [3.05, 3.63) is 28.2 Å². The lowest BCUT2D eigenvalue weighted by atomic mass is 10.2. The fourth-order valence-electron chi connectivity index (χ4n) is 0.994. The molecule has 0 aliphatic rings. The molecule has 5 heteroatoms. The van der Waals surface area contributed by atoms with E-state index in [9.17, 15) is 4.79 Å². The van der Waals surface area contributed by atoms with E-state index in [4.69, 9.17) is 16.3 Å².